The Morgan fingerprint density at radius 1 is 0.830 bits per heavy atom. The van der Waals surface area contributed by atoms with Gasteiger partial charge in [0.1, 0.15) is 51.5 Å². The summed E-state index contributed by atoms with van der Waals surface area (Å²) in [5.41, 5.74) is 9.11. The number of nitrogens with one attached hydrogen (secondary N) is 1. The lowest BCUT2D eigenvalue weighted by Gasteiger charge is -2.12. The molecule has 0 radical (unpaired) electrons. The van der Waals surface area contributed by atoms with E-state index in [9.17, 15) is 23.7 Å². The lowest BCUT2D eigenvalue weighted by molar-refractivity contribution is -0.385. The predicted molar refractivity (Wildman–Crippen MR) is 195 cm³/mol. The van der Waals surface area contributed by atoms with Crippen LogP contribution in [0.3, 0.4) is 0 Å². The molecule has 0 aliphatic rings. The van der Waals surface area contributed by atoms with Crippen LogP contribution in [0.2, 0.25) is 0 Å². The van der Waals surface area contributed by atoms with E-state index in [-0.39, 0.29) is 46.4 Å². The minimum absolute atomic E-state index is 0.00900. The fourth-order valence-electron chi connectivity index (χ4n) is 5.65. The first-order valence-corrected chi connectivity index (χ1v) is 16.4. The highest BCUT2D eigenvalue weighted by Gasteiger charge is 2.28. The second kappa shape index (κ2) is 14.9. The number of furan rings is 2. The van der Waals surface area contributed by atoms with Crippen LogP contribution in [0.15, 0.2) is 94.0 Å². The van der Waals surface area contributed by atoms with Crippen molar-refractivity contribution < 1.29 is 41.5 Å². The summed E-state index contributed by atoms with van der Waals surface area (Å²) in [5.74, 6) is 0.551. The minimum atomic E-state index is -0.683. The molecule has 7 rings (SSSR count). The van der Waals surface area contributed by atoms with Crippen LogP contribution in [0.1, 0.15) is 38.1 Å². The number of aromatic nitrogens is 2. The number of benzene rings is 4. The van der Waals surface area contributed by atoms with Crippen molar-refractivity contribution in [3.05, 3.63) is 113 Å². The highest BCUT2D eigenvalue weighted by molar-refractivity contribution is 6.09. The van der Waals surface area contributed by atoms with Gasteiger partial charge in [0.05, 0.1) is 41.6 Å². The van der Waals surface area contributed by atoms with Gasteiger partial charge >= 0.3 is 11.7 Å². The van der Waals surface area contributed by atoms with E-state index in [0.29, 0.717) is 39.6 Å². The summed E-state index contributed by atoms with van der Waals surface area (Å²) >= 11 is 0. The van der Waals surface area contributed by atoms with Crippen molar-refractivity contribution in [1.82, 2.24) is 9.97 Å². The molecule has 3 heterocycles. The molecule has 0 unspecified atom stereocenters. The second-order valence-corrected chi connectivity index (χ2v) is 12.3. The number of nitro benzene ring substituents is 1. The van der Waals surface area contributed by atoms with E-state index < -0.39 is 16.7 Å². The van der Waals surface area contributed by atoms with E-state index in [2.05, 4.69) is 9.97 Å². The molecule has 0 saturated heterocycles. The van der Waals surface area contributed by atoms with Gasteiger partial charge in [-0.2, -0.15) is 0 Å². The number of fused-ring (bicyclic) bond motifs is 2. The molecule has 0 aliphatic carbocycles. The van der Waals surface area contributed by atoms with Gasteiger partial charge in [0.25, 0.3) is 0 Å². The Hall–Kier alpha value is -6.70. The number of nitrogens with two attached hydrogens (primary N) is 1. The Morgan fingerprint density at radius 3 is 1.92 bits per heavy atom. The molecule has 0 atom stereocenters. The molecule has 0 bridgehead atoms. The van der Waals surface area contributed by atoms with Crippen LogP contribution in [-0.4, -0.2) is 40.2 Å². The number of methoxy groups -OCH3 is 1. The third kappa shape index (κ3) is 7.52. The van der Waals surface area contributed by atoms with E-state index in [0.717, 1.165) is 16.5 Å². The van der Waals surface area contributed by atoms with Crippen molar-refractivity contribution in [2.75, 3.05) is 12.8 Å². The lowest BCUT2D eigenvalue weighted by atomic mass is 10.0. The number of aromatic amines is 1. The summed E-state index contributed by atoms with van der Waals surface area (Å²) in [7, 11) is 1.21. The number of ether oxygens (including phenoxy) is 3. The number of nitrogens with zero attached hydrogens (tertiary/aromatic N) is 2. The van der Waals surface area contributed by atoms with Crippen LogP contribution in [0.4, 0.5) is 20.2 Å². The number of halogens is 2. The summed E-state index contributed by atoms with van der Waals surface area (Å²) in [6.07, 6.45) is 3.09. The minimum Gasteiger partial charge on any atom is -0.489 e. The highest BCUT2D eigenvalue weighted by Crippen LogP contribution is 2.43. The van der Waals surface area contributed by atoms with E-state index in [4.69, 9.17) is 28.8 Å². The van der Waals surface area contributed by atoms with Crippen molar-refractivity contribution in [2.45, 2.75) is 39.9 Å². The van der Waals surface area contributed by atoms with Crippen molar-refractivity contribution in [1.29, 1.82) is 0 Å². The topological polar surface area (TPSA) is 169 Å². The van der Waals surface area contributed by atoms with Gasteiger partial charge in [-0.3, -0.25) is 10.1 Å². The molecule has 0 spiro atoms. The summed E-state index contributed by atoms with van der Waals surface area (Å²) < 4.78 is 54.5. The number of H-pyrrole nitrogens is 1. The van der Waals surface area contributed by atoms with E-state index in [1.165, 1.54) is 55.6 Å². The Bertz CT molecular complexity index is 2420. The van der Waals surface area contributed by atoms with Gasteiger partial charge in [-0.15, -0.1) is 0 Å². The van der Waals surface area contributed by atoms with Gasteiger partial charge in [0.2, 0.25) is 0 Å². The molecular weight excluding hydrogens is 690 g/mol. The summed E-state index contributed by atoms with van der Waals surface area (Å²) in [6.45, 7) is 7.34. The maximum Gasteiger partial charge on any atom is 0.342 e. The molecule has 0 amide bonds. The lowest BCUT2D eigenvalue weighted by Crippen LogP contribution is -2.08. The number of carbonyl (C=O) groups excluding carboxylic acids is 1. The molecule has 53 heavy (non-hydrogen) atoms. The van der Waals surface area contributed by atoms with Gasteiger partial charge in [-0.05, 0) is 88.4 Å². The summed E-state index contributed by atoms with van der Waals surface area (Å²) in [5, 5.41) is 12.5. The Morgan fingerprint density at radius 2 is 1.38 bits per heavy atom. The van der Waals surface area contributed by atoms with Crippen molar-refractivity contribution in [2.24, 2.45) is 0 Å². The quantitative estimate of drug-likeness (QED) is 0.0632. The molecule has 14 heteroatoms. The molecule has 3 N–H and O–H groups in total. The molecule has 0 fully saturated rings. The Labute approximate surface area is 301 Å². The van der Waals surface area contributed by atoms with Crippen molar-refractivity contribution >= 4 is 39.3 Å². The third-order valence-corrected chi connectivity index (χ3v) is 7.85. The van der Waals surface area contributed by atoms with Gasteiger partial charge in [-0.25, -0.2) is 18.6 Å². The summed E-state index contributed by atoms with van der Waals surface area (Å²) in [4.78, 5) is 30.6. The number of hydrogen-bond donors (Lipinski definition) is 2. The first-order chi connectivity index (χ1) is 25.3. The largest absolute Gasteiger partial charge is 0.489 e. The maximum atomic E-state index is 13.3. The molecule has 0 saturated carbocycles. The number of anilines is 1. The fourth-order valence-corrected chi connectivity index (χ4v) is 5.65. The number of imidazole rings is 1. The molecule has 12 nitrogen and oxygen atoms in total. The molecule has 0 aliphatic heterocycles. The molecule has 272 valence electrons. The molecular formula is C39H34F2N4O8. The van der Waals surface area contributed by atoms with Gasteiger partial charge in [-0.1, -0.05) is 0 Å². The standard InChI is InChI=1S/C20H18FN3O2.C19H16FNO6/c1-11(2)25-17-9-14-16(10-15(17)22)26-19(12-3-5-13(21)6-4-12)18(14)20-23-7-8-24-20;1-10(2)26-16-8-13-15(9-14(16)21(23)24)27-18(17(13)19(22)25-3)11-4-6-12(20)7-5-11/h3-11H,22H2,1-2H3,(H,23,24);4-10H,1-3H3. The van der Waals surface area contributed by atoms with Crippen molar-refractivity contribution in [3.8, 4) is 45.5 Å². The summed E-state index contributed by atoms with van der Waals surface area (Å²) in [6, 6.07) is 17.7. The molecule has 4 aromatic carbocycles. The van der Waals surface area contributed by atoms with Gasteiger partial charge < -0.3 is 33.8 Å². The van der Waals surface area contributed by atoms with E-state index in [1.807, 2.05) is 19.9 Å². The van der Waals surface area contributed by atoms with Crippen LogP contribution < -0.4 is 15.2 Å². The monoisotopic (exact) mass is 724 g/mol. The van der Waals surface area contributed by atoms with Gasteiger partial charge in [0.15, 0.2) is 5.75 Å². The van der Waals surface area contributed by atoms with Crippen LogP contribution in [0, 0.1) is 21.7 Å². The predicted octanol–water partition coefficient (Wildman–Crippen LogP) is 9.72. The zero-order valence-electron chi connectivity index (χ0n) is 29.2. The van der Waals surface area contributed by atoms with Crippen LogP contribution in [0.5, 0.6) is 11.5 Å². The zero-order valence-corrected chi connectivity index (χ0v) is 29.2. The van der Waals surface area contributed by atoms with Crippen LogP contribution in [0.25, 0.3) is 56.0 Å². The number of hydrogen-bond acceptors (Lipinski definition) is 10. The first kappa shape index (κ1) is 36.1. The number of nitro groups is 1. The first-order valence-electron chi connectivity index (χ1n) is 16.4. The third-order valence-electron chi connectivity index (χ3n) is 7.85. The fraction of sp³-hybridized carbons (Fsp3) is 0.179. The highest BCUT2D eigenvalue weighted by atomic mass is 19.1. The average Bonchev–Trinajstić information content (AvgIpc) is 3.86. The van der Waals surface area contributed by atoms with E-state index in [1.54, 1.807) is 44.4 Å². The number of carbonyl (C=O) groups is 1. The maximum absolute atomic E-state index is 13.3. The van der Waals surface area contributed by atoms with Gasteiger partial charge in [0, 0.05) is 40.4 Å². The zero-order chi connectivity index (χ0) is 38.0. The van der Waals surface area contributed by atoms with Crippen LogP contribution >= 0.6 is 0 Å². The molecule has 7 aromatic rings. The average molecular weight is 725 g/mol. The van der Waals surface area contributed by atoms with Crippen molar-refractivity contribution in [3.63, 3.8) is 0 Å². The Kier molecular flexibility index (Phi) is 10.1. The number of esters is 1. The number of rotatable bonds is 9. The van der Waals surface area contributed by atoms with Crippen LogP contribution in [-0.2, 0) is 4.74 Å². The van der Waals surface area contributed by atoms with E-state index >= 15 is 0 Å². The Balaban J connectivity index is 0.000000181. The SMILES string of the molecule is CC(C)Oc1cc2c(-c3ncc[nH]3)c(-c3ccc(F)cc3)oc2cc1N.COC(=O)c1c(-c2ccc(F)cc2)oc2cc([N+](=O)[O-])c(OC(C)C)cc12. The number of nitrogen functional groups attached to an aromatic ring is 1. The molecule has 3 aromatic heterocycles. The smallest absolute Gasteiger partial charge is 0.342 e. The normalized spacial score (nSPS) is 11.2. The second-order valence-electron chi connectivity index (χ2n) is 12.3.